The Kier molecular flexibility index (Phi) is 3.00. The minimum atomic E-state index is -0.0173. The lowest BCUT2D eigenvalue weighted by Crippen LogP contribution is -2.23. The lowest BCUT2D eigenvalue weighted by molar-refractivity contribution is 0.595. The molecule has 5 nitrogen and oxygen atoms in total. The van der Waals surface area contributed by atoms with Crippen molar-refractivity contribution in [3.05, 3.63) is 28.2 Å². The van der Waals surface area contributed by atoms with Crippen molar-refractivity contribution in [2.45, 2.75) is 46.2 Å². The van der Waals surface area contributed by atoms with Crippen LogP contribution in [0.5, 0.6) is 0 Å². The smallest absolute Gasteiger partial charge is 0.252 e. The van der Waals surface area contributed by atoms with E-state index in [4.69, 9.17) is 0 Å². The van der Waals surface area contributed by atoms with Gasteiger partial charge in [0.15, 0.2) is 0 Å². The first kappa shape index (κ1) is 13.1. The zero-order valence-corrected chi connectivity index (χ0v) is 12.3. The number of aryl methyl sites for hydroxylation is 1. The van der Waals surface area contributed by atoms with Crippen LogP contribution in [0, 0.1) is 12.8 Å². The fraction of sp³-hybridized carbons (Fsp3) is 0.533. The summed E-state index contributed by atoms with van der Waals surface area (Å²) in [6.45, 7) is 8.15. The third-order valence-corrected chi connectivity index (χ3v) is 3.91. The van der Waals surface area contributed by atoms with Gasteiger partial charge in [-0.2, -0.15) is 4.98 Å². The van der Waals surface area contributed by atoms with Crippen molar-refractivity contribution < 1.29 is 0 Å². The van der Waals surface area contributed by atoms with Gasteiger partial charge in [-0.1, -0.05) is 6.92 Å². The topological polar surface area (TPSA) is 59.8 Å². The van der Waals surface area contributed by atoms with Crippen molar-refractivity contribution in [3.8, 4) is 0 Å². The summed E-state index contributed by atoms with van der Waals surface area (Å²) in [5.41, 5.74) is 1.60. The van der Waals surface area contributed by atoms with E-state index in [1.165, 1.54) is 0 Å². The van der Waals surface area contributed by atoms with Gasteiger partial charge in [0, 0.05) is 23.5 Å². The Bertz CT molecular complexity index is 720. The van der Waals surface area contributed by atoms with E-state index in [1.54, 1.807) is 10.6 Å². The molecule has 0 spiro atoms. The highest BCUT2D eigenvalue weighted by Gasteiger charge is 2.33. The van der Waals surface area contributed by atoms with Crippen LogP contribution in [0.3, 0.4) is 0 Å². The van der Waals surface area contributed by atoms with E-state index in [0.717, 1.165) is 23.1 Å². The van der Waals surface area contributed by atoms with Crippen molar-refractivity contribution in [3.63, 3.8) is 0 Å². The van der Waals surface area contributed by atoms with Gasteiger partial charge in [-0.15, -0.1) is 0 Å². The van der Waals surface area contributed by atoms with Crippen molar-refractivity contribution in [1.29, 1.82) is 0 Å². The Labute approximate surface area is 118 Å². The molecule has 0 aromatic carbocycles. The molecule has 0 radical (unpaired) electrons. The van der Waals surface area contributed by atoms with E-state index in [2.05, 4.69) is 22.2 Å². The van der Waals surface area contributed by atoms with Crippen LogP contribution in [-0.4, -0.2) is 20.6 Å². The van der Waals surface area contributed by atoms with E-state index < -0.39 is 0 Å². The number of hydrogen-bond acceptors (Lipinski definition) is 4. The molecule has 1 fully saturated rings. The third-order valence-electron chi connectivity index (χ3n) is 3.91. The van der Waals surface area contributed by atoms with Crippen molar-refractivity contribution in [1.82, 2.24) is 14.5 Å². The molecule has 2 aromatic rings. The van der Waals surface area contributed by atoms with E-state index in [-0.39, 0.29) is 11.6 Å². The highest BCUT2D eigenvalue weighted by Crippen LogP contribution is 2.32. The van der Waals surface area contributed by atoms with Gasteiger partial charge in [-0.05, 0) is 39.2 Å². The molecule has 1 aliphatic carbocycles. The van der Waals surface area contributed by atoms with Crippen LogP contribution in [0.15, 0.2) is 16.9 Å². The molecule has 20 heavy (non-hydrogen) atoms. The number of hydrogen-bond donors (Lipinski definition) is 1. The Balaban J connectivity index is 2.16. The summed E-state index contributed by atoms with van der Waals surface area (Å²) in [7, 11) is 0. The highest BCUT2D eigenvalue weighted by molar-refractivity contribution is 5.78. The number of aromatic nitrogens is 3. The molecule has 106 valence electrons. The predicted octanol–water partition coefficient (Wildman–Crippen LogP) is 2.50. The fourth-order valence-electron chi connectivity index (χ4n) is 2.54. The monoisotopic (exact) mass is 272 g/mol. The minimum absolute atomic E-state index is 0.0173. The molecule has 5 heteroatoms. The van der Waals surface area contributed by atoms with Gasteiger partial charge in [0.25, 0.3) is 5.56 Å². The third kappa shape index (κ3) is 2.17. The van der Waals surface area contributed by atoms with Crippen LogP contribution in [0.4, 0.5) is 5.95 Å². The molecule has 1 saturated carbocycles. The zero-order chi connectivity index (χ0) is 14.4. The van der Waals surface area contributed by atoms with Crippen LogP contribution in [0.1, 0.15) is 38.9 Å². The SMILES string of the molecule is Cc1nc(N[C@H]2CC2C)nc2c1ccc(=O)n2C(C)C. The molecule has 0 bridgehead atoms. The number of anilines is 1. The number of pyridine rings is 1. The predicted molar refractivity (Wildman–Crippen MR) is 80.1 cm³/mol. The quantitative estimate of drug-likeness (QED) is 0.932. The molecule has 0 aliphatic heterocycles. The second-order valence-electron chi connectivity index (χ2n) is 5.97. The molecule has 2 atom stereocenters. The molecular weight excluding hydrogens is 252 g/mol. The van der Waals surface area contributed by atoms with E-state index in [1.807, 2.05) is 26.8 Å². The van der Waals surface area contributed by atoms with Gasteiger partial charge in [0.05, 0.1) is 5.69 Å². The van der Waals surface area contributed by atoms with Crippen LogP contribution in [-0.2, 0) is 0 Å². The summed E-state index contributed by atoms with van der Waals surface area (Å²) >= 11 is 0. The molecule has 2 aromatic heterocycles. The number of nitrogens with one attached hydrogen (secondary N) is 1. The number of fused-ring (bicyclic) bond motifs is 1. The second kappa shape index (κ2) is 4.58. The van der Waals surface area contributed by atoms with Crippen molar-refractivity contribution in [2.24, 2.45) is 5.92 Å². The van der Waals surface area contributed by atoms with Crippen molar-refractivity contribution in [2.75, 3.05) is 5.32 Å². The maximum Gasteiger partial charge on any atom is 0.252 e. The average molecular weight is 272 g/mol. The van der Waals surface area contributed by atoms with Crippen LogP contribution >= 0.6 is 0 Å². The molecule has 2 heterocycles. The largest absolute Gasteiger partial charge is 0.351 e. The summed E-state index contributed by atoms with van der Waals surface area (Å²) in [6.07, 6.45) is 1.16. The first-order valence-electron chi connectivity index (χ1n) is 7.14. The maximum atomic E-state index is 12.1. The summed E-state index contributed by atoms with van der Waals surface area (Å²) in [5.74, 6) is 1.31. The Morgan fingerprint density at radius 3 is 2.65 bits per heavy atom. The van der Waals surface area contributed by atoms with Gasteiger partial charge < -0.3 is 5.32 Å². The summed E-state index contributed by atoms with van der Waals surface area (Å²) in [4.78, 5) is 21.1. The molecule has 0 amide bonds. The zero-order valence-electron chi connectivity index (χ0n) is 12.3. The second-order valence-corrected chi connectivity index (χ2v) is 5.97. The van der Waals surface area contributed by atoms with E-state index in [9.17, 15) is 4.79 Å². The van der Waals surface area contributed by atoms with Crippen molar-refractivity contribution >= 4 is 17.0 Å². The summed E-state index contributed by atoms with van der Waals surface area (Å²) < 4.78 is 1.73. The first-order chi connectivity index (χ1) is 9.47. The van der Waals surface area contributed by atoms with Gasteiger partial charge >= 0.3 is 0 Å². The lowest BCUT2D eigenvalue weighted by Gasteiger charge is -2.15. The Hall–Kier alpha value is -1.91. The molecule has 0 saturated heterocycles. The Morgan fingerprint density at radius 2 is 2.05 bits per heavy atom. The van der Waals surface area contributed by atoms with E-state index >= 15 is 0 Å². The van der Waals surface area contributed by atoms with Gasteiger partial charge in [-0.3, -0.25) is 9.36 Å². The van der Waals surface area contributed by atoms with Crippen LogP contribution in [0.2, 0.25) is 0 Å². The molecule has 1 unspecified atom stereocenters. The highest BCUT2D eigenvalue weighted by atomic mass is 16.1. The fourth-order valence-corrected chi connectivity index (χ4v) is 2.54. The average Bonchev–Trinajstić information content (AvgIpc) is 3.03. The van der Waals surface area contributed by atoms with Crippen LogP contribution in [0.25, 0.3) is 11.0 Å². The van der Waals surface area contributed by atoms with Gasteiger partial charge in [-0.25, -0.2) is 4.98 Å². The maximum absolute atomic E-state index is 12.1. The molecule has 1 aliphatic rings. The van der Waals surface area contributed by atoms with Gasteiger partial charge in [0.1, 0.15) is 5.65 Å². The number of rotatable bonds is 3. The molecular formula is C15H20N4O. The lowest BCUT2D eigenvalue weighted by atomic mass is 10.2. The molecule has 1 N–H and O–H groups in total. The van der Waals surface area contributed by atoms with E-state index in [0.29, 0.717) is 17.9 Å². The van der Waals surface area contributed by atoms with Gasteiger partial charge in [0.2, 0.25) is 5.95 Å². The van der Waals surface area contributed by atoms with Crippen LogP contribution < -0.4 is 10.9 Å². The Morgan fingerprint density at radius 1 is 1.35 bits per heavy atom. The summed E-state index contributed by atoms with van der Waals surface area (Å²) in [6, 6.07) is 3.95. The first-order valence-corrected chi connectivity index (χ1v) is 7.14. The minimum Gasteiger partial charge on any atom is -0.351 e. The standard InChI is InChI=1S/C15H20N4O/c1-8(2)19-13(20)6-5-11-10(4)16-15(18-14(11)19)17-12-7-9(12)3/h5-6,8-9,12H,7H2,1-4H3,(H,16,17,18)/t9?,12-/m0/s1. The number of nitrogens with zero attached hydrogens (tertiary/aromatic N) is 3. The summed E-state index contributed by atoms with van der Waals surface area (Å²) in [5, 5.41) is 4.28. The normalized spacial score (nSPS) is 21.4. The molecule has 3 rings (SSSR count).